The summed E-state index contributed by atoms with van der Waals surface area (Å²) in [5.74, 6) is -1.66. The van der Waals surface area contributed by atoms with Gasteiger partial charge in [0.15, 0.2) is 5.79 Å². The Morgan fingerprint density at radius 3 is 2.62 bits per heavy atom. The summed E-state index contributed by atoms with van der Waals surface area (Å²) in [6.45, 7) is 1.74. The van der Waals surface area contributed by atoms with Gasteiger partial charge >= 0.3 is 0 Å². The Morgan fingerprint density at radius 1 is 1.12 bits per heavy atom. The maximum Gasteiger partial charge on any atom is 0.167 e. The van der Waals surface area contributed by atoms with E-state index in [9.17, 15) is 10.2 Å². The van der Waals surface area contributed by atoms with E-state index in [4.69, 9.17) is 0 Å². The van der Waals surface area contributed by atoms with Crippen molar-refractivity contribution in [3.05, 3.63) is 42.1 Å². The van der Waals surface area contributed by atoms with Crippen LogP contribution in [0.4, 0.5) is 0 Å². The molecule has 0 fully saturated rings. The van der Waals surface area contributed by atoms with Crippen LogP contribution in [0.15, 0.2) is 36.4 Å². The van der Waals surface area contributed by atoms with Crippen molar-refractivity contribution in [1.82, 2.24) is 4.98 Å². The molecule has 1 aromatic heterocycles. The molecule has 0 aliphatic carbocycles. The number of aliphatic hydroxyl groups is 2. The number of fused-ring (bicyclic) bond motifs is 1. The standard InChI is InChI=1S/C13H15NO2/c1-2-13(15,16)9-11-8-7-10-5-3-4-6-12(10)14-11/h3-8,15-16H,2,9H2,1H3. The van der Waals surface area contributed by atoms with Crippen molar-refractivity contribution in [1.29, 1.82) is 0 Å². The SMILES string of the molecule is CCC(O)(O)Cc1ccc2ccccc2n1. The van der Waals surface area contributed by atoms with Crippen LogP contribution in [0, 0.1) is 0 Å². The molecule has 0 unspecified atom stereocenters. The first-order valence-electron chi connectivity index (χ1n) is 5.40. The number of aromatic nitrogens is 1. The average Bonchev–Trinajstić information content (AvgIpc) is 2.28. The highest BCUT2D eigenvalue weighted by molar-refractivity contribution is 5.78. The summed E-state index contributed by atoms with van der Waals surface area (Å²) >= 11 is 0. The summed E-state index contributed by atoms with van der Waals surface area (Å²) in [5, 5.41) is 20.2. The minimum Gasteiger partial charge on any atom is -0.365 e. The number of rotatable bonds is 3. The molecule has 84 valence electrons. The van der Waals surface area contributed by atoms with Crippen LogP contribution in [0.25, 0.3) is 10.9 Å². The van der Waals surface area contributed by atoms with E-state index in [1.165, 1.54) is 0 Å². The molecule has 0 aliphatic rings. The zero-order valence-electron chi connectivity index (χ0n) is 9.22. The molecule has 1 aromatic carbocycles. The number of hydrogen-bond donors (Lipinski definition) is 2. The first-order chi connectivity index (χ1) is 7.61. The van der Waals surface area contributed by atoms with Crippen LogP contribution in [0.1, 0.15) is 19.0 Å². The fourth-order valence-corrected chi connectivity index (χ4v) is 1.62. The molecule has 0 bridgehead atoms. The maximum absolute atomic E-state index is 9.56. The predicted octanol–water partition coefficient (Wildman–Crippen LogP) is 1.87. The molecule has 2 aromatic rings. The lowest BCUT2D eigenvalue weighted by atomic mass is 10.1. The fraction of sp³-hybridized carbons (Fsp3) is 0.308. The van der Waals surface area contributed by atoms with Gasteiger partial charge in [0, 0.05) is 17.5 Å². The third-order valence-electron chi connectivity index (χ3n) is 2.69. The molecule has 0 radical (unpaired) electrons. The summed E-state index contributed by atoms with van der Waals surface area (Å²) in [6, 6.07) is 11.6. The molecular formula is C13H15NO2. The van der Waals surface area contributed by atoms with Gasteiger partial charge in [-0.15, -0.1) is 0 Å². The van der Waals surface area contributed by atoms with E-state index in [1.54, 1.807) is 6.92 Å². The van der Waals surface area contributed by atoms with E-state index >= 15 is 0 Å². The second-order valence-corrected chi connectivity index (χ2v) is 4.01. The lowest BCUT2D eigenvalue weighted by Crippen LogP contribution is -2.30. The molecule has 0 amide bonds. The number of pyridine rings is 1. The normalized spacial score (nSPS) is 11.9. The Kier molecular flexibility index (Phi) is 2.90. The monoisotopic (exact) mass is 217 g/mol. The Labute approximate surface area is 94.4 Å². The van der Waals surface area contributed by atoms with Crippen LogP contribution < -0.4 is 0 Å². The van der Waals surface area contributed by atoms with Crippen LogP contribution in [0.2, 0.25) is 0 Å². The van der Waals surface area contributed by atoms with Gasteiger partial charge < -0.3 is 10.2 Å². The van der Waals surface area contributed by atoms with E-state index in [0.29, 0.717) is 12.1 Å². The van der Waals surface area contributed by atoms with Gasteiger partial charge in [-0.25, -0.2) is 0 Å². The van der Waals surface area contributed by atoms with E-state index in [2.05, 4.69) is 4.98 Å². The van der Waals surface area contributed by atoms with Crippen LogP contribution in [0.3, 0.4) is 0 Å². The lowest BCUT2D eigenvalue weighted by molar-refractivity contribution is -0.161. The second kappa shape index (κ2) is 4.20. The molecule has 2 rings (SSSR count). The Balaban J connectivity index is 2.33. The average molecular weight is 217 g/mol. The second-order valence-electron chi connectivity index (χ2n) is 4.01. The zero-order chi connectivity index (χ0) is 11.6. The van der Waals surface area contributed by atoms with Crippen molar-refractivity contribution in [3.8, 4) is 0 Å². The zero-order valence-corrected chi connectivity index (χ0v) is 9.22. The summed E-state index contributed by atoms with van der Waals surface area (Å²) in [7, 11) is 0. The van der Waals surface area contributed by atoms with Crippen molar-refractivity contribution < 1.29 is 10.2 Å². The Morgan fingerprint density at radius 2 is 1.88 bits per heavy atom. The third kappa shape index (κ3) is 2.38. The van der Waals surface area contributed by atoms with E-state index in [-0.39, 0.29) is 6.42 Å². The summed E-state index contributed by atoms with van der Waals surface area (Å²) in [5.41, 5.74) is 1.58. The first-order valence-corrected chi connectivity index (χ1v) is 5.40. The highest BCUT2D eigenvalue weighted by atomic mass is 16.5. The van der Waals surface area contributed by atoms with Crippen molar-refractivity contribution in [3.63, 3.8) is 0 Å². The number of nitrogens with zero attached hydrogens (tertiary/aromatic N) is 1. The topological polar surface area (TPSA) is 53.4 Å². The van der Waals surface area contributed by atoms with Gasteiger partial charge in [0.2, 0.25) is 0 Å². The van der Waals surface area contributed by atoms with Crippen molar-refractivity contribution >= 4 is 10.9 Å². The predicted molar refractivity (Wildman–Crippen MR) is 62.9 cm³/mol. The maximum atomic E-state index is 9.56. The van der Waals surface area contributed by atoms with Crippen molar-refractivity contribution in [2.45, 2.75) is 25.6 Å². The van der Waals surface area contributed by atoms with E-state index in [1.807, 2.05) is 36.4 Å². The van der Waals surface area contributed by atoms with Gasteiger partial charge in [-0.3, -0.25) is 4.98 Å². The quantitative estimate of drug-likeness (QED) is 0.772. The third-order valence-corrected chi connectivity index (χ3v) is 2.69. The molecule has 0 aliphatic heterocycles. The first kappa shape index (κ1) is 11.0. The molecule has 0 saturated heterocycles. The lowest BCUT2D eigenvalue weighted by Gasteiger charge is -2.19. The van der Waals surface area contributed by atoms with E-state index in [0.717, 1.165) is 10.9 Å². The molecular weight excluding hydrogens is 202 g/mol. The van der Waals surface area contributed by atoms with Gasteiger partial charge in [-0.05, 0) is 18.6 Å². The van der Waals surface area contributed by atoms with Crippen LogP contribution in [-0.4, -0.2) is 21.0 Å². The number of para-hydroxylation sites is 1. The van der Waals surface area contributed by atoms with Gasteiger partial charge in [-0.1, -0.05) is 31.2 Å². The molecule has 1 heterocycles. The molecule has 2 N–H and O–H groups in total. The molecule has 0 atom stereocenters. The van der Waals surface area contributed by atoms with Crippen LogP contribution in [0.5, 0.6) is 0 Å². The highest BCUT2D eigenvalue weighted by Crippen LogP contribution is 2.16. The fourth-order valence-electron chi connectivity index (χ4n) is 1.62. The largest absolute Gasteiger partial charge is 0.365 e. The van der Waals surface area contributed by atoms with Crippen molar-refractivity contribution in [2.75, 3.05) is 0 Å². The van der Waals surface area contributed by atoms with Gasteiger partial charge in [0.25, 0.3) is 0 Å². The van der Waals surface area contributed by atoms with Crippen LogP contribution in [-0.2, 0) is 6.42 Å². The highest BCUT2D eigenvalue weighted by Gasteiger charge is 2.21. The minimum absolute atomic E-state index is 0.161. The molecule has 3 heteroatoms. The van der Waals surface area contributed by atoms with E-state index < -0.39 is 5.79 Å². The van der Waals surface area contributed by atoms with Crippen molar-refractivity contribution in [2.24, 2.45) is 0 Å². The Hall–Kier alpha value is -1.45. The molecule has 3 nitrogen and oxygen atoms in total. The molecule has 0 spiro atoms. The summed E-state index contributed by atoms with van der Waals surface area (Å²) in [6.07, 6.45) is 0.454. The molecule has 0 saturated carbocycles. The number of benzene rings is 1. The van der Waals surface area contributed by atoms with Gasteiger partial charge in [-0.2, -0.15) is 0 Å². The van der Waals surface area contributed by atoms with Crippen LogP contribution >= 0.6 is 0 Å². The summed E-state index contributed by atoms with van der Waals surface area (Å²) in [4.78, 5) is 4.39. The smallest absolute Gasteiger partial charge is 0.167 e. The summed E-state index contributed by atoms with van der Waals surface area (Å²) < 4.78 is 0. The molecule has 16 heavy (non-hydrogen) atoms. The minimum atomic E-state index is -1.66. The number of hydrogen-bond acceptors (Lipinski definition) is 3. The Bertz CT molecular complexity index is 494. The van der Waals surface area contributed by atoms with Gasteiger partial charge in [0.05, 0.1) is 5.52 Å². The van der Waals surface area contributed by atoms with Gasteiger partial charge in [0.1, 0.15) is 0 Å².